The molecule has 0 aromatic heterocycles. The second kappa shape index (κ2) is 8.61. The molecule has 2 aliphatic heterocycles. The molecule has 2 bridgehead atoms. The van der Waals surface area contributed by atoms with Crippen molar-refractivity contribution in [2.45, 2.75) is 56.5 Å². The second-order valence-corrected chi connectivity index (χ2v) is 8.68. The Morgan fingerprint density at radius 2 is 1.72 bits per heavy atom. The van der Waals surface area contributed by atoms with Crippen LogP contribution >= 0.6 is 0 Å². The second-order valence-electron chi connectivity index (χ2n) is 8.68. The van der Waals surface area contributed by atoms with Crippen molar-refractivity contribution in [3.05, 3.63) is 64.2 Å². The minimum atomic E-state index is -4.45. The molecule has 6 nitrogen and oxygen atoms in total. The summed E-state index contributed by atoms with van der Waals surface area (Å²) in [7, 11) is 0. The first kappa shape index (κ1) is 22.4. The number of ether oxygens (including phenoxy) is 2. The number of hydrogen-bond acceptors (Lipinski definition) is 5. The third kappa shape index (κ3) is 4.82. The number of para-hydroxylation sites is 1. The summed E-state index contributed by atoms with van der Waals surface area (Å²) in [6.45, 7) is 2.78. The molecule has 0 aliphatic carbocycles. The van der Waals surface area contributed by atoms with Crippen molar-refractivity contribution in [1.82, 2.24) is 4.90 Å². The van der Waals surface area contributed by atoms with Gasteiger partial charge in [-0.25, -0.2) is 0 Å². The predicted octanol–water partition coefficient (Wildman–Crippen LogP) is 5.46. The number of nitrogens with zero attached hydrogens (tertiary/aromatic N) is 2. The van der Waals surface area contributed by atoms with E-state index in [1.165, 1.54) is 30.3 Å². The van der Waals surface area contributed by atoms with Gasteiger partial charge in [-0.15, -0.1) is 0 Å². The molecule has 32 heavy (non-hydrogen) atoms. The van der Waals surface area contributed by atoms with Gasteiger partial charge in [0.05, 0.1) is 10.5 Å². The van der Waals surface area contributed by atoms with Gasteiger partial charge in [-0.3, -0.25) is 15.0 Å². The van der Waals surface area contributed by atoms with Crippen LogP contribution in [0.2, 0.25) is 0 Å². The van der Waals surface area contributed by atoms with Crippen molar-refractivity contribution < 1.29 is 27.6 Å². The fourth-order valence-electron chi connectivity index (χ4n) is 4.99. The molecule has 9 heteroatoms. The van der Waals surface area contributed by atoms with E-state index in [4.69, 9.17) is 9.47 Å². The van der Waals surface area contributed by atoms with Gasteiger partial charge in [-0.1, -0.05) is 12.1 Å². The van der Waals surface area contributed by atoms with E-state index in [9.17, 15) is 23.3 Å². The molecular weight excluding hydrogens is 425 g/mol. The number of nitro groups is 1. The first-order chi connectivity index (χ1) is 15.1. The van der Waals surface area contributed by atoms with Gasteiger partial charge in [0.2, 0.25) is 0 Å². The SMILES string of the molecule is C[C@]1(Oc2ccc([N+](=O)[O-])cc2)C[C@H]2CC[C@@H](C1)N2CCOc1ccccc1C(F)(F)F. The molecule has 172 valence electrons. The highest BCUT2D eigenvalue weighted by atomic mass is 19.4. The fourth-order valence-corrected chi connectivity index (χ4v) is 4.99. The maximum absolute atomic E-state index is 13.2. The standard InChI is InChI=1S/C23H25F3N2O4/c1-22(32-19-10-8-16(9-11-19)28(29)30)14-17-6-7-18(15-22)27(17)12-13-31-21-5-3-2-4-20(21)23(24,25)26/h2-5,8-11,17-18H,6-7,12-15H2,1H3/t17-,18+,22+. The smallest absolute Gasteiger partial charge is 0.419 e. The van der Waals surface area contributed by atoms with Crippen LogP contribution in [0.3, 0.4) is 0 Å². The highest BCUT2D eigenvalue weighted by molar-refractivity contribution is 5.37. The summed E-state index contributed by atoms with van der Waals surface area (Å²) >= 11 is 0. The van der Waals surface area contributed by atoms with Gasteiger partial charge in [-0.2, -0.15) is 13.2 Å². The summed E-state index contributed by atoms with van der Waals surface area (Å²) in [5.74, 6) is 0.453. The molecule has 2 saturated heterocycles. The predicted molar refractivity (Wildman–Crippen MR) is 112 cm³/mol. The van der Waals surface area contributed by atoms with E-state index in [2.05, 4.69) is 4.90 Å². The van der Waals surface area contributed by atoms with Crippen LogP contribution in [-0.4, -0.2) is 40.7 Å². The molecule has 0 radical (unpaired) electrons. The number of non-ortho nitro benzene ring substituents is 1. The summed E-state index contributed by atoms with van der Waals surface area (Å²) in [4.78, 5) is 12.7. The van der Waals surface area contributed by atoms with Crippen LogP contribution in [0.25, 0.3) is 0 Å². The zero-order chi connectivity index (χ0) is 22.9. The molecule has 3 atom stereocenters. The molecule has 0 N–H and O–H groups in total. The van der Waals surface area contributed by atoms with E-state index in [1.54, 1.807) is 12.1 Å². The minimum Gasteiger partial charge on any atom is -0.492 e. The molecular formula is C23H25F3N2O4. The molecule has 0 amide bonds. The first-order valence-electron chi connectivity index (χ1n) is 10.6. The highest BCUT2D eigenvalue weighted by Crippen LogP contribution is 2.43. The van der Waals surface area contributed by atoms with Crippen molar-refractivity contribution in [3.63, 3.8) is 0 Å². The third-order valence-corrected chi connectivity index (χ3v) is 6.32. The summed E-state index contributed by atoms with van der Waals surface area (Å²) in [6.07, 6.45) is -0.886. The number of fused-ring (bicyclic) bond motifs is 2. The van der Waals surface area contributed by atoms with E-state index >= 15 is 0 Å². The molecule has 2 fully saturated rings. The maximum atomic E-state index is 13.2. The van der Waals surface area contributed by atoms with Crippen LogP contribution in [-0.2, 0) is 6.18 Å². The largest absolute Gasteiger partial charge is 0.492 e. The lowest BCUT2D eigenvalue weighted by Gasteiger charge is -2.44. The molecule has 2 aliphatic rings. The molecule has 0 saturated carbocycles. The van der Waals surface area contributed by atoms with Crippen LogP contribution in [0.5, 0.6) is 11.5 Å². The Morgan fingerprint density at radius 3 is 2.31 bits per heavy atom. The average Bonchev–Trinajstić information content (AvgIpc) is 2.98. The zero-order valence-corrected chi connectivity index (χ0v) is 17.7. The Balaban J connectivity index is 1.35. The summed E-state index contributed by atoms with van der Waals surface area (Å²) in [5, 5.41) is 10.8. The van der Waals surface area contributed by atoms with Gasteiger partial charge >= 0.3 is 6.18 Å². The van der Waals surface area contributed by atoms with Gasteiger partial charge < -0.3 is 9.47 Å². The Bertz CT molecular complexity index is 950. The highest BCUT2D eigenvalue weighted by Gasteiger charge is 2.47. The maximum Gasteiger partial charge on any atom is 0.419 e. The van der Waals surface area contributed by atoms with Crippen LogP contribution in [0.1, 0.15) is 38.2 Å². The molecule has 4 rings (SSSR count). The molecule has 0 spiro atoms. The van der Waals surface area contributed by atoms with Gasteiger partial charge in [-0.05, 0) is 44.0 Å². The molecule has 2 heterocycles. The van der Waals surface area contributed by atoms with E-state index in [0.29, 0.717) is 12.3 Å². The summed E-state index contributed by atoms with van der Waals surface area (Å²) in [5.41, 5.74) is -1.14. The lowest BCUT2D eigenvalue weighted by Crippen LogP contribution is -2.53. The Kier molecular flexibility index (Phi) is 6.03. The lowest BCUT2D eigenvalue weighted by atomic mass is 9.87. The number of benzene rings is 2. The fraction of sp³-hybridized carbons (Fsp3) is 0.478. The van der Waals surface area contributed by atoms with E-state index in [0.717, 1.165) is 31.7 Å². The first-order valence-corrected chi connectivity index (χ1v) is 10.6. The van der Waals surface area contributed by atoms with Crippen LogP contribution in [0.15, 0.2) is 48.5 Å². The normalized spacial score (nSPS) is 25.5. The summed E-state index contributed by atoms with van der Waals surface area (Å²) < 4.78 is 51.2. The lowest BCUT2D eigenvalue weighted by molar-refractivity contribution is -0.384. The number of rotatable bonds is 7. The molecule has 2 aromatic rings. The number of halogens is 3. The van der Waals surface area contributed by atoms with E-state index < -0.39 is 22.3 Å². The Hall–Kier alpha value is -2.81. The van der Waals surface area contributed by atoms with Crippen molar-refractivity contribution in [1.29, 1.82) is 0 Å². The number of alkyl halides is 3. The third-order valence-electron chi connectivity index (χ3n) is 6.32. The monoisotopic (exact) mass is 450 g/mol. The van der Waals surface area contributed by atoms with Crippen molar-refractivity contribution >= 4 is 5.69 Å². The van der Waals surface area contributed by atoms with Gasteiger partial charge in [0.25, 0.3) is 5.69 Å². The van der Waals surface area contributed by atoms with Gasteiger partial charge in [0.1, 0.15) is 23.7 Å². The van der Waals surface area contributed by atoms with Gasteiger partial charge in [0.15, 0.2) is 0 Å². The average molecular weight is 450 g/mol. The Labute approximate surface area is 184 Å². The molecule has 0 unspecified atom stereocenters. The minimum absolute atomic E-state index is 0.0180. The zero-order valence-electron chi connectivity index (χ0n) is 17.7. The Morgan fingerprint density at radius 1 is 1.09 bits per heavy atom. The summed E-state index contributed by atoms with van der Waals surface area (Å²) in [6, 6.07) is 11.9. The number of hydrogen-bond donors (Lipinski definition) is 0. The van der Waals surface area contributed by atoms with Crippen LogP contribution < -0.4 is 9.47 Å². The topological polar surface area (TPSA) is 64.8 Å². The van der Waals surface area contributed by atoms with E-state index in [1.807, 2.05) is 6.92 Å². The van der Waals surface area contributed by atoms with Crippen LogP contribution in [0.4, 0.5) is 18.9 Å². The van der Waals surface area contributed by atoms with Gasteiger partial charge in [0, 0.05) is 43.6 Å². The van der Waals surface area contributed by atoms with Crippen LogP contribution in [0, 0.1) is 10.1 Å². The quantitative estimate of drug-likeness (QED) is 0.414. The number of nitro benzene ring substituents is 1. The van der Waals surface area contributed by atoms with E-state index in [-0.39, 0.29) is 30.1 Å². The number of piperidine rings is 1. The van der Waals surface area contributed by atoms with Crippen molar-refractivity contribution in [2.24, 2.45) is 0 Å². The molecule has 2 aromatic carbocycles. The van der Waals surface area contributed by atoms with Crippen molar-refractivity contribution in [3.8, 4) is 11.5 Å². The van der Waals surface area contributed by atoms with Crippen molar-refractivity contribution in [2.75, 3.05) is 13.2 Å².